The van der Waals surface area contributed by atoms with Crippen LogP contribution >= 0.6 is 0 Å². The van der Waals surface area contributed by atoms with Gasteiger partial charge in [0, 0.05) is 29.7 Å². The van der Waals surface area contributed by atoms with Crippen LogP contribution in [0.25, 0.3) is 5.82 Å². The first-order valence-corrected chi connectivity index (χ1v) is 10.8. The van der Waals surface area contributed by atoms with Gasteiger partial charge < -0.3 is 9.30 Å². The van der Waals surface area contributed by atoms with Crippen molar-refractivity contribution >= 4 is 21.5 Å². The Kier molecular flexibility index (Phi) is 5.50. The van der Waals surface area contributed by atoms with Gasteiger partial charge in [-0.25, -0.2) is 18.4 Å². The van der Waals surface area contributed by atoms with E-state index < -0.39 is 10.0 Å². The van der Waals surface area contributed by atoms with Gasteiger partial charge in [-0.15, -0.1) is 0 Å². The van der Waals surface area contributed by atoms with E-state index in [1.807, 2.05) is 29.1 Å². The van der Waals surface area contributed by atoms with Crippen LogP contribution in [0.5, 0.6) is 11.6 Å². The van der Waals surface area contributed by atoms with Crippen molar-refractivity contribution in [2.45, 2.75) is 11.8 Å². The molecule has 156 valence electrons. The number of aromatic nitrogens is 3. The minimum Gasteiger partial charge on any atom is -0.439 e. The number of anilines is 1. The van der Waals surface area contributed by atoms with Crippen molar-refractivity contribution in [3.05, 3.63) is 91.0 Å². The molecule has 0 aliphatic carbocycles. The summed E-state index contributed by atoms with van der Waals surface area (Å²) in [7, 11) is -3.78. The number of nitrogens with zero attached hydrogens (tertiary/aromatic N) is 3. The molecule has 9 heteroatoms. The number of Topliss-reactive ketones (excluding diaryl/α,β-unsaturated/α-hetero) is 1. The summed E-state index contributed by atoms with van der Waals surface area (Å²) in [6.45, 7) is 1.42. The van der Waals surface area contributed by atoms with E-state index in [0.717, 1.165) is 0 Å². The van der Waals surface area contributed by atoms with Crippen LogP contribution < -0.4 is 9.46 Å². The maximum atomic E-state index is 12.6. The maximum Gasteiger partial charge on any atom is 0.261 e. The number of rotatable bonds is 7. The smallest absolute Gasteiger partial charge is 0.261 e. The Labute approximate surface area is 179 Å². The van der Waals surface area contributed by atoms with Crippen molar-refractivity contribution in [3.63, 3.8) is 0 Å². The summed E-state index contributed by atoms with van der Waals surface area (Å²) in [4.78, 5) is 19.7. The molecular formula is C22H18N4O4S. The van der Waals surface area contributed by atoms with E-state index in [0.29, 0.717) is 28.7 Å². The van der Waals surface area contributed by atoms with Crippen molar-refractivity contribution in [2.75, 3.05) is 4.72 Å². The summed E-state index contributed by atoms with van der Waals surface area (Å²) in [5.41, 5.74) is 0.823. The summed E-state index contributed by atoms with van der Waals surface area (Å²) in [5, 5.41) is 0. The number of benzene rings is 2. The second-order valence-corrected chi connectivity index (χ2v) is 8.30. The van der Waals surface area contributed by atoms with Crippen molar-refractivity contribution < 1.29 is 17.9 Å². The first-order valence-electron chi connectivity index (χ1n) is 9.28. The van der Waals surface area contributed by atoms with Crippen LogP contribution in [-0.2, 0) is 10.0 Å². The van der Waals surface area contributed by atoms with E-state index in [1.165, 1.54) is 37.5 Å². The molecule has 0 bridgehead atoms. The van der Waals surface area contributed by atoms with Gasteiger partial charge in [0.15, 0.2) is 5.78 Å². The van der Waals surface area contributed by atoms with Crippen LogP contribution in [0, 0.1) is 0 Å². The van der Waals surface area contributed by atoms with E-state index in [9.17, 15) is 13.2 Å². The molecule has 0 unspecified atom stereocenters. The van der Waals surface area contributed by atoms with Gasteiger partial charge in [0.25, 0.3) is 10.0 Å². The highest BCUT2D eigenvalue weighted by molar-refractivity contribution is 7.92. The lowest BCUT2D eigenvalue weighted by atomic mass is 10.2. The zero-order chi connectivity index (χ0) is 21.8. The molecule has 0 spiro atoms. The van der Waals surface area contributed by atoms with Crippen LogP contribution in [0.2, 0.25) is 0 Å². The first kappa shape index (κ1) is 20.3. The van der Waals surface area contributed by atoms with Gasteiger partial charge in [-0.05, 0) is 55.5 Å². The number of carbonyl (C=O) groups excluding carboxylic acids is 1. The standard InChI is InChI=1S/C22H18N4O4S/c1-16(27)17-4-10-20(11-5-17)31(28,29)25-18-6-8-19(9-7-18)30-22-14-21(23-15-24-22)26-12-2-3-13-26/h2-15,25H,1H3. The van der Waals surface area contributed by atoms with Crippen molar-refractivity contribution in [2.24, 2.45) is 0 Å². The van der Waals surface area contributed by atoms with Crippen molar-refractivity contribution in [1.29, 1.82) is 0 Å². The highest BCUT2D eigenvalue weighted by Crippen LogP contribution is 2.24. The third-order valence-corrected chi connectivity index (χ3v) is 5.79. The summed E-state index contributed by atoms with van der Waals surface area (Å²) in [5.74, 6) is 1.38. The molecule has 0 fully saturated rings. The summed E-state index contributed by atoms with van der Waals surface area (Å²) in [6, 6.07) is 17.7. The summed E-state index contributed by atoms with van der Waals surface area (Å²) >= 11 is 0. The zero-order valence-electron chi connectivity index (χ0n) is 16.5. The molecule has 4 aromatic rings. The molecule has 2 heterocycles. The van der Waals surface area contributed by atoms with Crippen LogP contribution in [-0.4, -0.2) is 28.7 Å². The van der Waals surface area contributed by atoms with Gasteiger partial charge in [0.2, 0.25) is 5.88 Å². The van der Waals surface area contributed by atoms with Crippen molar-refractivity contribution in [1.82, 2.24) is 14.5 Å². The highest BCUT2D eigenvalue weighted by Gasteiger charge is 2.15. The van der Waals surface area contributed by atoms with Gasteiger partial charge in [-0.2, -0.15) is 0 Å². The zero-order valence-corrected chi connectivity index (χ0v) is 17.3. The molecule has 0 aliphatic rings. The van der Waals surface area contributed by atoms with Crippen LogP contribution in [0.15, 0.2) is 90.3 Å². The fourth-order valence-electron chi connectivity index (χ4n) is 2.81. The van der Waals surface area contributed by atoms with E-state index in [2.05, 4.69) is 14.7 Å². The molecule has 4 rings (SSSR count). The molecule has 0 saturated carbocycles. The minimum absolute atomic E-state index is 0.0661. The van der Waals surface area contributed by atoms with Gasteiger partial charge in [-0.1, -0.05) is 12.1 Å². The Balaban J connectivity index is 1.46. The Morgan fingerprint density at radius 1 is 0.968 bits per heavy atom. The number of hydrogen-bond acceptors (Lipinski definition) is 6. The molecule has 2 aromatic carbocycles. The van der Waals surface area contributed by atoms with E-state index in [1.54, 1.807) is 30.3 Å². The molecule has 0 radical (unpaired) electrons. The van der Waals surface area contributed by atoms with Crippen LogP contribution in [0.3, 0.4) is 0 Å². The summed E-state index contributed by atoms with van der Waals surface area (Å²) < 4.78 is 35.2. The Morgan fingerprint density at radius 2 is 1.65 bits per heavy atom. The molecular weight excluding hydrogens is 416 g/mol. The number of sulfonamides is 1. The normalized spacial score (nSPS) is 11.1. The topological polar surface area (TPSA) is 103 Å². The quantitative estimate of drug-likeness (QED) is 0.440. The third kappa shape index (κ3) is 4.78. The van der Waals surface area contributed by atoms with E-state index in [-0.39, 0.29) is 10.7 Å². The lowest BCUT2D eigenvalue weighted by Gasteiger charge is -2.10. The van der Waals surface area contributed by atoms with Gasteiger partial charge in [-0.3, -0.25) is 9.52 Å². The molecule has 31 heavy (non-hydrogen) atoms. The average molecular weight is 434 g/mol. The highest BCUT2D eigenvalue weighted by atomic mass is 32.2. The van der Waals surface area contributed by atoms with Crippen molar-refractivity contribution in [3.8, 4) is 17.4 Å². The number of ether oxygens (including phenoxy) is 1. The van der Waals surface area contributed by atoms with E-state index >= 15 is 0 Å². The Morgan fingerprint density at radius 3 is 2.29 bits per heavy atom. The average Bonchev–Trinajstić information content (AvgIpc) is 3.30. The number of carbonyl (C=O) groups is 1. The SMILES string of the molecule is CC(=O)c1ccc(S(=O)(=O)Nc2ccc(Oc3cc(-n4cccc4)ncn3)cc2)cc1. The van der Waals surface area contributed by atoms with E-state index in [4.69, 9.17) is 4.74 Å². The Bertz CT molecular complexity index is 1300. The fourth-order valence-corrected chi connectivity index (χ4v) is 3.87. The molecule has 0 amide bonds. The Hall–Kier alpha value is -3.98. The second kappa shape index (κ2) is 8.41. The maximum absolute atomic E-state index is 12.6. The third-order valence-electron chi connectivity index (χ3n) is 4.40. The second-order valence-electron chi connectivity index (χ2n) is 6.62. The molecule has 0 saturated heterocycles. The number of hydrogen-bond donors (Lipinski definition) is 1. The number of nitrogens with one attached hydrogen (secondary N) is 1. The van der Waals surface area contributed by atoms with Crippen LogP contribution in [0.4, 0.5) is 5.69 Å². The molecule has 8 nitrogen and oxygen atoms in total. The molecule has 2 aromatic heterocycles. The number of ketones is 1. The lowest BCUT2D eigenvalue weighted by molar-refractivity contribution is 0.101. The minimum atomic E-state index is -3.78. The first-order chi connectivity index (χ1) is 14.9. The predicted octanol–water partition coefficient (Wildman–Crippen LogP) is 4.06. The van der Waals surface area contributed by atoms with Crippen LogP contribution in [0.1, 0.15) is 17.3 Å². The monoisotopic (exact) mass is 434 g/mol. The predicted molar refractivity (Wildman–Crippen MR) is 115 cm³/mol. The van der Waals surface area contributed by atoms with Gasteiger partial charge in [0.1, 0.15) is 17.9 Å². The van der Waals surface area contributed by atoms with Gasteiger partial charge in [0.05, 0.1) is 4.90 Å². The summed E-state index contributed by atoms with van der Waals surface area (Å²) in [6.07, 6.45) is 5.13. The fraction of sp³-hybridized carbons (Fsp3) is 0.0455. The van der Waals surface area contributed by atoms with Gasteiger partial charge >= 0.3 is 0 Å². The molecule has 1 N–H and O–H groups in total. The molecule has 0 atom stereocenters. The largest absolute Gasteiger partial charge is 0.439 e. The molecule has 0 aliphatic heterocycles. The lowest BCUT2D eigenvalue weighted by Crippen LogP contribution is -2.13.